The summed E-state index contributed by atoms with van der Waals surface area (Å²) >= 11 is 3.51. The van der Waals surface area contributed by atoms with Crippen LogP contribution in [0.3, 0.4) is 0 Å². The number of nitrogens with zero attached hydrogens (tertiary/aromatic N) is 2. The smallest absolute Gasteiger partial charge is 0.128 e. The van der Waals surface area contributed by atoms with E-state index in [1.54, 1.807) is 0 Å². The number of fused-ring (bicyclic) bond motifs is 1. The van der Waals surface area contributed by atoms with E-state index in [2.05, 4.69) is 39.9 Å². The van der Waals surface area contributed by atoms with Crippen molar-refractivity contribution in [2.45, 2.75) is 32.6 Å². The lowest BCUT2D eigenvalue weighted by molar-refractivity contribution is 0.779. The summed E-state index contributed by atoms with van der Waals surface area (Å²) in [6, 6.07) is 4.45. The zero-order valence-electron chi connectivity index (χ0n) is 9.88. The molecule has 0 fully saturated rings. The van der Waals surface area contributed by atoms with Gasteiger partial charge in [-0.05, 0) is 37.3 Å². The summed E-state index contributed by atoms with van der Waals surface area (Å²) in [4.78, 5) is 7.16. The second-order valence-electron chi connectivity index (χ2n) is 4.30. The quantitative estimate of drug-likeness (QED) is 0.772. The second-order valence-corrected chi connectivity index (χ2v) is 5.10. The Hall–Kier alpha value is -0.570. The zero-order chi connectivity index (χ0) is 11.4. The number of rotatable bonds is 5. The molecule has 1 aliphatic rings. The van der Waals surface area contributed by atoms with Crippen molar-refractivity contribution in [1.82, 2.24) is 4.98 Å². The van der Waals surface area contributed by atoms with Crippen LogP contribution in [0.2, 0.25) is 0 Å². The van der Waals surface area contributed by atoms with Crippen molar-refractivity contribution in [3.05, 3.63) is 23.4 Å². The summed E-state index contributed by atoms with van der Waals surface area (Å²) in [6.07, 6.45) is 4.83. The molecule has 0 saturated carbocycles. The molecule has 1 aromatic rings. The van der Waals surface area contributed by atoms with E-state index in [9.17, 15) is 0 Å². The predicted molar refractivity (Wildman–Crippen MR) is 72.6 cm³/mol. The second kappa shape index (κ2) is 5.67. The van der Waals surface area contributed by atoms with Gasteiger partial charge in [0.2, 0.25) is 0 Å². The molecule has 88 valence electrons. The molecule has 0 atom stereocenters. The highest BCUT2D eigenvalue weighted by molar-refractivity contribution is 9.09. The van der Waals surface area contributed by atoms with Gasteiger partial charge in [-0.25, -0.2) is 4.98 Å². The average molecular weight is 283 g/mol. The molecule has 2 rings (SSSR count). The van der Waals surface area contributed by atoms with Crippen molar-refractivity contribution in [3.8, 4) is 0 Å². The summed E-state index contributed by atoms with van der Waals surface area (Å²) in [5, 5.41) is 1.01. The topological polar surface area (TPSA) is 16.1 Å². The van der Waals surface area contributed by atoms with Gasteiger partial charge in [-0.15, -0.1) is 0 Å². The molecule has 2 nitrogen and oxygen atoms in total. The Morgan fingerprint density at radius 2 is 2.19 bits per heavy atom. The van der Waals surface area contributed by atoms with Crippen molar-refractivity contribution in [2.24, 2.45) is 0 Å². The monoisotopic (exact) mass is 282 g/mol. The Kier molecular flexibility index (Phi) is 4.22. The van der Waals surface area contributed by atoms with Crippen LogP contribution in [0.15, 0.2) is 12.1 Å². The van der Waals surface area contributed by atoms with Crippen LogP contribution in [0.5, 0.6) is 0 Å². The van der Waals surface area contributed by atoms with E-state index in [0.29, 0.717) is 0 Å². The van der Waals surface area contributed by atoms with E-state index in [1.165, 1.54) is 30.5 Å². The van der Waals surface area contributed by atoms with Crippen LogP contribution in [-0.2, 0) is 12.8 Å². The van der Waals surface area contributed by atoms with Gasteiger partial charge in [0.25, 0.3) is 0 Å². The van der Waals surface area contributed by atoms with Gasteiger partial charge in [-0.1, -0.05) is 28.9 Å². The molecule has 0 saturated heterocycles. The van der Waals surface area contributed by atoms with Gasteiger partial charge in [0.1, 0.15) is 5.82 Å². The van der Waals surface area contributed by atoms with Crippen LogP contribution in [0.25, 0.3) is 0 Å². The maximum Gasteiger partial charge on any atom is 0.128 e. The van der Waals surface area contributed by atoms with Gasteiger partial charge in [0.15, 0.2) is 0 Å². The number of aromatic nitrogens is 1. The Labute approximate surface area is 106 Å². The Morgan fingerprint density at radius 1 is 1.31 bits per heavy atom. The first-order valence-electron chi connectivity index (χ1n) is 6.15. The molecule has 0 bridgehead atoms. The first-order valence-corrected chi connectivity index (χ1v) is 7.27. The summed E-state index contributed by atoms with van der Waals surface area (Å²) < 4.78 is 0. The van der Waals surface area contributed by atoms with Gasteiger partial charge < -0.3 is 4.90 Å². The largest absolute Gasteiger partial charge is 0.356 e. The lowest BCUT2D eigenvalue weighted by Crippen LogP contribution is -2.27. The van der Waals surface area contributed by atoms with E-state index in [0.717, 1.165) is 30.7 Å². The van der Waals surface area contributed by atoms with Gasteiger partial charge >= 0.3 is 0 Å². The molecule has 1 aliphatic carbocycles. The number of halogens is 1. The summed E-state index contributed by atoms with van der Waals surface area (Å²) in [5.74, 6) is 1.15. The minimum absolute atomic E-state index is 1.01. The molecule has 1 aromatic heterocycles. The number of hydrogen-bond acceptors (Lipinski definition) is 2. The van der Waals surface area contributed by atoms with E-state index in [-0.39, 0.29) is 0 Å². The fourth-order valence-corrected chi connectivity index (χ4v) is 2.73. The highest BCUT2D eigenvalue weighted by Gasteiger charge is 2.14. The summed E-state index contributed by atoms with van der Waals surface area (Å²) in [5.41, 5.74) is 2.78. The Morgan fingerprint density at radius 3 is 2.94 bits per heavy atom. The molecular weight excluding hydrogens is 264 g/mol. The van der Waals surface area contributed by atoms with Crippen LogP contribution in [0.1, 0.15) is 31.0 Å². The van der Waals surface area contributed by atoms with Crippen molar-refractivity contribution >= 4 is 21.7 Å². The third kappa shape index (κ3) is 2.57. The van der Waals surface area contributed by atoms with Gasteiger partial charge in [-0.3, -0.25) is 0 Å². The molecule has 0 N–H and O–H groups in total. The lowest BCUT2D eigenvalue weighted by atomic mass is 10.2. The minimum atomic E-state index is 1.01. The van der Waals surface area contributed by atoms with E-state index in [1.807, 2.05) is 0 Å². The molecule has 3 heteroatoms. The third-order valence-electron chi connectivity index (χ3n) is 3.09. The van der Waals surface area contributed by atoms with Gasteiger partial charge in [-0.2, -0.15) is 0 Å². The van der Waals surface area contributed by atoms with Crippen LogP contribution >= 0.6 is 15.9 Å². The fourth-order valence-electron chi connectivity index (χ4n) is 2.30. The molecule has 0 spiro atoms. The van der Waals surface area contributed by atoms with Crippen LogP contribution in [-0.4, -0.2) is 23.4 Å². The summed E-state index contributed by atoms with van der Waals surface area (Å²) in [6.45, 7) is 4.35. The van der Waals surface area contributed by atoms with E-state index in [4.69, 9.17) is 4.98 Å². The number of anilines is 1. The van der Waals surface area contributed by atoms with E-state index < -0.39 is 0 Å². The molecule has 0 amide bonds. The minimum Gasteiger partial charge on any atom is -0.356 e. The Bertz CT molecular complexity index is 346. The first kappa shape index (κ1) is 11.9. The lowest BCUT2D eigenvalue weighted by Gasteiger charge is -2.22. The third-order valence-corrected chi connectivity index (χ3v) is 3.44. The number of alkyl halides is 1. The molecule has 0 aromatic carbocycles. The number of aryl methyl sites for hydroxylation is 2. The van der Waals surface area contributed by atoms with Crippen LogP contribution in [0.4, 0.5) is 5.82 Å². The highest BCUT2D eigenvalue weighted by Crippen LogP contribution is 2.23. The van der Waals surface area contributed by atoms with Crippen LogP contribution < -0.4 is 4.90 Å². The first-order chi connectivity index (χ1) is 7.85. The normalized spacial score (nSPS) is 13.9. The molecule has 0 unspecified atom stereocenters. The van der Waals surface area contributed by atoms with Crippen molar-refractivity contribution < 1.29 is 0 Å². The zero-order valence-corrected chi connectivity index (χ0v) is 11.5. The maximum atomic E-state index is 4.80. The SMILES string of the molecule is CCCN(CCBr)c1ccc2c(n1)CCC2. The van der Waals surface area contributed by atoms with Crippen molar-refractivity contribution in [3.63, 3.8) is 0 Å². The van der Waals surface area contributed by atoms with Crippen molar-refractivity contribution in [1.29, 1.82) is 0 Å². The number of pyridine rings is 1. The van der Waals surface area contributed by atoms with E-state index >= 15 is 0 Å². The molecular formula is C13H19BrN2. The van der Waals surface area contributed by atoms with Gasteiger partial charge in [0.05, 0.1) is 0 Å². The average Bonchev–Trinajstić information content (AvgIpc) is 2.75. The summed E-state index contributed by atoms with van der Waals surface area (Å²) in [7, 11) is 0. The predicted octanol–water partition coefficient (Wildman–Crippen LogP) is 3.18. The fraction of sp³-hybridized carbons (Fsp3) is 0.615. The maximum absolute atomic E-state index is 4.80. The molecule has 1 heterocycles. The Balaban J connectivity index is 2.17. The number of hydrogen-bond donors (Lipinski definition) is 0. The molecule has 0 radical (unpaired) electrons. The van der Waals surface area contributed by atoms with Crippen LogP contribution in [0, 0.1) is 0 Å². The standard InChI is InChI=1S/C13H19BrN2/c1-2-9-16(10-8-14)13-7-6-11-4-3-5-12(11)15-13/h6-7H,2-5,8-10H2,1H3. The molecule has 0 aliphatic heterocycles. The van der Waals surface area contributed by atoms with Gasteiger partial charge in [0, 0.05) is 24.1 Å². The van der Waals surface area contributed by atoms with Crippen molar-refractivity contribution in [2.75, 3.05) is 23.3 Å². The molecule has 16 heavy (non-hydrogen) atoms. The highest BCUT2D eigenvalue weighted by atomic mass is 79.9.